The lowest BCUT2D eigenvalue weighted by molar-refractivity contribution is -0.120. The van der Waals surface area contributed by atoms with Crippen LogP contribution in [-0.2, 0) is 30.5 Å². The molecule has 0 radical (unpaired) electrons. The summed E-state index contributed by atoms with van der Waals surface area (Å²) in [5, 5.41) is 17.5. The number of aromatic amines is 1. The summed E-state index contributed by atoms with van der Waals surface area (Å²) in [6.45, 7) is 0. The average Bonchev–Trinajstić information content (AvgIpc) is 3.54. The van der Waals surface area contributed by atoms with Crippen LogP contribution in [0.25, 0.3) is 11.1 Å². The molecule has 4 aromatic rings. The number of benzene rings is 2. The van der Waals surface area contributed by atoms with E-state index in [1.54, 1.807) is 0 Å². The van der Waals surface area contributed by atoms with Crippen molar-refractivity contribution in [1.29, 1.82) is 0 Å². The molecule has 37 heavy (non-hydrogen) atoms. The quantitative estimate of drug-likeness (QED) is 0.375. The van der Waals surface area contributed by atoms with Gasteiger partial charge in [0, 0.05) is 61.8 Å². The molecular weight excluding hydrogens is 464 g/mol. The summed E-state index contributed by atoms with van der Waals surface area (Å²) in [5.74, 6) is 0.506. The molecule has 2 heterocycles. The van der Waals surface area contributed by atoms with Gasteiger partial charge in [0.1, 0.15) is 0 Å². The Bertz CT molecular complexity index is 1400. The van der Waals surface area contributed by atoms with Gasteiger partial charge in [-0.25, -0.2) is 9.97 Å². The first-order valence-corrected chi connectivity index (χ1v) is 12.7. The van der Waals surface area contributed by atoms with Crippen LogP contribution in [-0.4, -0.2) is 51.4 Å². The Morgan fingerprint density at radius 3 is 2.49 bits per heavy atom. The summed E-state index contributed by atoms with van der Waals surface area (Å²) in [7, 11) is 3.97. The van der Waals surface area contributed by atoms with Crippen LogP contribution >= 0.6 is 0 Å². The van der Waals surface area contributed by atoms with Gasteiger partial charge in [0.25, 0.3) is 0 Å². The van der Waals surface area contributed by atoms with E-state index in [0.717, 1.165) is 59.6 Å². The van der Waals surface area contributed by atoms with Crippen molar-refractivity contribution in [3.63, 3.8) is 0 Å². The van der Waals surface area contributed by atoms with E-state index in [1.165, 1.54) is 11.1 Å². The van der Waals surface area contributed by atoms with Gasteiger partial charge < -0.3 is 15.5 Å². The maximum Gasteiger partial charge on any atom is 0.227 e. The van der Waals surface area contributed by atoms with Crippen LogP contribution in [0.2, 0.25) is 0 Å². The number of H-pyrrole nitrogens is 1. The summed E-state index contributed by atoms with van der Waals surface area (Å²) in [4.78, 5) is 24.3. The molecule has 1 amide bonds. The van der Waals surface area contributed by atoms with Crippen molar-refractivity contribution in [1.82, 2.24) is 25.4 Å². The second kappa shape index (κ2) is 9.65. The lowest BCUT2D eigenvalue weighted by Gasteiger charge is -2.21. The molecule has 2 aliphatic carbocycles. The van der Waals surface area contributed by atoms with Crippen molar-refractivity contribution in [3.8, 4) is 11.1 Å². The first kappa shape index (κ1) is 23.1. The molecule has 0 aliphatic heterocycles. The molecule has 6 rings (SSSR count). The third-order valence-corrected chi connectivity index (χ3v) is 7.33. The van der Waals surface area contributed by atoms with Crippen molar-refractivity contribution in [2.75, 3.05) is 29.6 Å². The number of fused-ring (bicyclic) bond motifs is 2. The number of nitrogens with zero attached hydrogens (tertiary/aromatic N) is 5. The molecule has 0 unspecified atom stereocenters. The largest absolute Gasteiger partial charge is 0.378 e. The van der Waals surface area contributed by atoms with E-state index in [0.29, 0.717) is 18.4 Å². The SMILES string of the molecule is CN(C)c1cc(NC(=O)[C@H]2CCc3[nH]nnc3C2)cc(-c2cnc(NC3Cc4ccccc4C3)nc2)c1. The number of carbonyl (C=O) groups excluding carboxylic acids is 1. The topological polar surface area (TPSA) is 112 Å². The second-order valence-electron chi connectivity index (χ2n) is 10.1. The Morgan fingerprint density at radius 2 is 1.76 bits per heavy atom. The number of amides is 1. The van der Waals surface area contributed by atoms with Crippen LogP contribution in [0.1, 0.15) is 28.9 Å². The fraction of sp³-hybridized carbons (Fsp3) is 0.321. The molecule has 9 nitrogen and oxygen atoms in total. The van der Waals surface area contributed by atoms with Gasteiger partial charge in [-0.3, -0.25) is 9.89 Å². The fourth-order valence-electron chi connectivity index (χ4n) is 5.26. The predicted molar refractivity (Wildman–Crippen MR) is 144 cm³/mol. The monoisotopic (exact) mass is 494 g/mol. The minimum Gasteiger partial charge on any atom is -0.378 e. The average molecular weight is 495 g/mol. The van der Waals surface area contributed by atoms with Gasteiger partial charge in [0.2, 0.25) is 11.9 Å². The Labute approximate surface area is 215 Å². The van der Waals surface area contributed by atoms with E-state index in [-0.39, 0.29) is 11.8 Å². The molecule has 2 aromatic carbocycles. The zero-order valence-corrected chi connectivity index (χ0v) is 21.0. The van der Waals surface area contributed by atoms with Crippen LogP contribution < -0.4 is 15.5 Å². The van der Waals surface area contributed by atoms with Gasteiger partial charge in [-0.2, -0.15) is 0 Å². The molecule has 1 atom stereocenters. The van der Waals surface area contributed by atoms with Gasteiger partial charge in [0.05, 0.1) is 11.4 Å². The molecule has 0 saturated heterocycles. The number of anilines is 3. The second-order valence-corrected chi connectivity index (χ2v) is 10.1. The molecule has 2 aromatic heterocycles. The zero-order valence-electron chi connectivity index (χ0n) is 21.0. The van der Waals surface area contributed by atoms with E-state index in [4.69, 9.17) is 0 Å². The van der Waals surface area contributed by atoms with Crippen molar-refractivity contribution in [2.45, 2.75) is 38.1 Å². The smallest absolute Gasteiger partial charge is 0.227 e. The zero-order chi connectivity index (χ0) is 25.4. The van der Waals surface area contributed by atoms with E-state index < -0.39 is 0 Å². The molecule has 0 saturated carbocycles. The van der Waals surface area contributed by atoms with Crippen molar-refractivity contribution in [3.05, 3.63) is 77.4 Å². The summed E-state index contributed by atoms with van der Waals surface area (Å²) in [6, 6.07) is 14.9. The highest BCUT2D eigenvalue weighted by Gasteiger charge is 2.27. The maximum absolute atomic E-state index is 13.1. The first-order valence-electron chi connectivity index (χ1n) is 12.7. The number of aryl methyl sites for hydroxylation is 1. The Kier molecular flexibility index (Phi) is 6.04. The molecule has 0 bridgehead atoms. The third kappa shape index (κ3) is 4.89. The van der Waals surface area contributed by atoms with Gasteiger partial charge in [0.15, 0.2) is 0 Å². The van der Waals surface area contributed by atoms with Crippen LogP contribution in [0.4, 0.5) is 17.3 Å². The van der Waals surface area contributed by atoms with Crippen molar-refractivity contribution >= 4 is 23.2 Å². The third-order valence-electron chi connectivity index (χ3n) is 7.33. The number of carbonyl (C=O) groups is 1. The van der Waals surface area contributed by atoms with Crippen molar-refractivity contribution in [2.24, 2.45) is 5.92 Å². The normalized spacial score (nSPS) is 16.6. The van der Waals surface area contributed by atoms with E-state index in [9.17, 15) is 4.79 Å². The number of nitrogens with one attached hydrogen (secondary N) is 3. The molecule has 3 N–H and O–H groups in total. The summed E-state index contributed by atoms with van der Waals surface area (Å²) in [5.41, 5.74) is 8.29. The number of hydrogen-bond acceptors (Lipinski definition) is 7. The lowest BCUT2D eigenvalue weighted by Crippen LogP contribution is -2.28. The van der Waals surface area contributed by atoms with Crippen LogP contribution in [0.5, 0.6) is 0 Å². The highest BCUT2D eigenvalue weighted by atomic mass is 16.1. The maximum atomic E-state index is 13.1. The molecule has 0 spiro atoms. The summed E-state index contributed by atoms with van der Waals surface area (Å²) < 4.78 is 0. The standard InChI is InChI=1S/C28H30N8O/c1-36(2)24-12-20(11-23(14-24)31-27(37)19-7-8-25-26(13-19)34-35-33-25)21-15-29-28(30-16-21)32-22-9-17-5-3-4-6-18(17)10-22/h3-6,11-12,14-16,19,22H,7-10,13H2,1-2H3,(H,31,37)(H,29,30,32)(H,33,34,35)/t19-/m0/s1. The minimum absolute atomic E-state index is 0.00358. The van der Waals surface area contributed by atoms with Crippen LogP contribution in [0.3, 0.4) is 0 Å². The fourth-order valence-corrected chi connectivity index (χ4v) is 5.26. The number of aromatic nitrogens is 5. The van der Waals surface area contributed by atoms with Crippen molar-refractivity contribution < 1.29 is 4.79 Å². The van der Waals surface area contributed by atoms with Crippen LogP contribution in [0, 0.1) is 5.92 Å². The number of hydrogen-bond donors (Lipinski definition) is 3. The van der Waals surface area contributed by atoms with Gasteiger partial charge in [-0.05, 0) is 60.6 Å². The highest BCUT2D eigenvalue weighted by molar-refractivity contribution is 5.94. The molecule has 9 heteroatoms. The molecule has 2 aliphatic rings. The first-order chi connectivity index (χ1) is 18.0. The summed E-state index contributed by atoms with van der Waals surface area (Å²) >= 11 is 0. The van der Waals surface area contributed by atoms with E-state index in [2.05, 4.69) is 66.3 Å². The predicted octanol–water partition coefficient (Wildman–Crippen LogP) is 3.65. The highest BCUT2D eigenvalue weighted by Crippen LogP contribution is 2.30. The minimum atomic E-state index is -0.125. The van der Waals surface area contributed by atoms with E-state index >= 15 is 0 Å². The van der Waals surface area contributed by atoms with Gasteiger partial charge in [-0.1, -0.05) is 29.5 Å². The lowest BCUT2D eigenvalue weighted by atomic mass is 9.89. The molecular formula is C28H30N8O. The molecule has 0 fully saturated rings. The van der Waals surface area contributed by atoms with Gasteiger partial charge in [-0.15, -0.1) is 5.10 Å². The summed E-state index contributed by atoms with van der Waals surface area (Å²) in [6.07, 6.45) is 7.80. The Morgan fingerprint density at radius 1 is 1.00 bits per heavy atom. The number of rotatable bonds is 6. The van der Waals surface area contributed by atoms with Gasteiger partial charge >= 0.3 is 0 Å². The Balaban J connectivity index is 1.17. The Hall–Kier alpha value is -4.27. The van der Waals surface area contributed by atoms with E-state index in [1.807, 2.05) is 43.5 Å². The molecule has 188 valence electrons. The van der Waals surface area contributed by atoms with Crippen LogP contribution in [0.15, 0.2) is 54.9 Å².